The molecule has 0 nitrogen and oxygen atoms in total. The lowest BCUT2D eigenvalue weighted by atomic mass is 9.76. The summed E-state index contributed by atoms with van der Waals surface area (Å²) in [7, 11) is 0. The van der Waals surface area contributed by atoms with E-state index in [4.69, 9.17) is 0 Å². The Labute approximate surface area is 154 Å². The second-order valence-corrected chi connectivity index (χ2v) is 8.25. The molecule has 138 valence electrons. The average Bonchev–Trinajstić information content (AvgIpc) is 3.02. The van der Waals surface area contributed by atoms with Crippen LogP contribution in [0.25, 0.3) is 0 Å². The summed E-state index contributed by atoms with van der Waals surface area (Å²) < 4.78 is 14.8. The van der Waals surface area contributed by atoms with Crippen LogP contribution in [0.4, 0.5) is 4.39 Å². The number of hydrogen-bond acceptors (Lipinski definition) is 0. The van der Waals surface area contributed by atoms with Gasteiger partial charge in [0.2, 0.25) is 0 Å². The first-order chi connectivity index (χ1) is 11.8. The quantitative estimate of drug-likeness (QED) is 0.450. The molecule has 2 rings (SSSR count). The predicted molar refractivity (Wildman–Crippen MR) is 108 cm³/mol. The summed E-state index contributed by atoms with van der Waals surface area (Å²) in [5, 5.41) is 0. The van der Waals surface area contributed by atoms with Gasteiger partial charge in [0.1, 0.15) is 5.82 Å². The van der Waals surface area contributed by atoms with E-state index in [2.05, 4.69) is 40.3 Å². The first kappa shape index (κ1) is 19.9. The monoisotopic (exact) mass is 342 g/mol. The van der Waals surface area contributed by atoms with Gasteiger partial charge in [-0.05, 0) is 80.6 Å². The van der Waals surface area contributed by atoms with Crippen molar-refractivity contribution in [2.45, 2.75) is 86.0 Å². The van der Waals surface area contributed by atoms with E-state index in [1.807, 2.05) is 13.0 Å². The third kappa shape index (κ3) is 4.43. The van der Waals surface area contributed by atoms with Crippen molar-refractivity contribution < 1.29 is 4.39 Å². The fraction of sp³-hybridized carbons (Fsp3) is 0.583. The van der Waals surface area contributed by atoms with E-state index in [1.54, 1.807) is 0 Å². The summed E-state index contributed by atoms with van der Waals surface area (Å²) in [4.78, 5) is 0. The maximum absolute atomic E-state index is 14.8. The molecule has 0 N–H and O–H groups in total. The smallest absolute Gasteiger partial charge is 0.129 e. The summed E-state index contributed by atoms with van der Waals surface area (Å²) in [5.41, 5.74) is 7.00. The highest BCUT2D eigenvalue weighted by atomic mass is 19.1. The van der Waals surface area contributed by atoms with Crippen LogP contribution in [0.2, 0.25) is 0 Å². The molecule has 0 amide bonds. The van der Waals surface area contributed by atoms with Gasteiger partial charge in [0.25, 0.3) is 0 Å². The molecule has 1 saturated carbocycles. The van der Waals surface area contributed by atoms with Crippen LogP contribution in [-0.4, -0.2) is 0 Å². The Balaban J connectivity index is 2.35. The van der Waals surface area contributed by atoms with Gasteiger partial charge in [-0.1, -0.05) is 63.0 Å². The molecular weight excluding hydrogens is 307 g/mol. The van der Waals surface area contributed by atoms with E-state index in [1.165, 1.54) is 36.8 Å². The molecule has 1 aromatic carbocycles. The van der Waals surface area contributed by atoms with Crippen molar-refractivity contribution in [2.24, 2.45) is 5.41 Å². The van der Waals surface area contributed by atoms with Crippen molar-refractivity contribution in [1.82, 2.24) is 0 Å². The van der Waals surface area contributed by atoms with Gasteiger partial charge < -0.3 is 0 Å². The maximum Gasteiger partial charge on any atom is 0.129 e. The molecule has 0 radical (unpaired) electrons. The number of aryl methyl sites for hydroxylation is 1. The van der Waals surface area contributed by atoms with Crippen LogP contribution < -0.4 is 0 Å². The summed E-state index contributed by atoms with van der Waals surface area (Å²) in [5.74, 6) is -0.00301. The number of halogens is 1. The third-order valence-corrected chi connectivity index (χ3v) is 6.33. The number of unbranched alkanes of at least 4 members (excludes halogenated alkanes) is 1. The molecule has 0 unspecified atom stereocenters. The lowest BCUT2D eigenvalue weighted by molar-refractivity contribution is 0.409. The molecule has 0 atom stereocenters. The molecule has 0 aliphatic heterocycles. The van der Waals surface area contributed by atoms with Gasteiger partial charge in [-0.2, -0.15) is 0 Å². The summed E-state index contributed by atoms with van der Waals surface area (Å²) >= 11 is 0. The van der Waals surface area contributed by atoms with E-state index < -0.39 is 0 Å². The largest absolute Gasteiger partial charge is 0.206 e. The molecule has 0 heterocycles. The van der Waals surface area contributed by atoms with Crippen molar-refractivity contribution in [3.63, 3.8) is 0 Å². The van der Waals surface area contributed by atoms with Crippen LogP contribution in [0.15, 0.2) is 35.4 Å². The van der Waals surface area contributed by atoms with Crippen molar-refractivity contribution in [3.8, 4) is 0 Å². The molecule has 0 spiro atoms. The molecular formula is C24H35F. The number of rotatable bonds is 7. The molecule has 1 aromatic rings. The Morgan fingerprint density at radius 2 is 1.76 bits per heavy atom. The molecule has 0 bridgehead atoms. The Hall–Kier alpha value is -1.37. The number of benzene rings is 1. The van der Waals surface area contributed by atoms with Crippen molar-refractivity contribution in [3.05, 3.63) is 57.9 Å². The highest BCUT2D eigenvalue weighted by Gasteiger charge is 2.32. The van der Waals surface area contributed by atoms with E-state index in [0.717, 1.165) is 47.9 Å². The second-order valence-electron chi connectivity index (χ2n) is 8.25. The highest BCUT2D eigenvalue weighted by Crippen LogP contribution is 2.46. The predicted octanol–water partition coefficient (Wildman–Crippen LogP) is 7.49. The normalized spacial score (nSPS) is 17.5. The average molecular weight is 343 g/mol. The third-order valence-electron chi connectivity index (χ3n) is 6.33. The Kier molecular flexibility index (Phi) is 6.65. The maximum atomic E-state index is 14.8. The van der Waals surface area contributed by atoms with Gasteiger partial charge in [0.15, 0.2) is 0 Å². The first-order valence-electron chi connectivity index (χ1n) is 9.93. The Morgan fingerprint density at radius 1 is 1.16 bits per heavy atom. The molecule has 1 aliphatic rings. The number of hydrogen-bond donors (Lipinski definition) is 0. The van der Waals surface area contributed by atoms with Crippen molar-refractivity contribution in [2.75, 3.05) is 0 Å². The van der Waals surface area contributed by atoms with Gasteiger partial charge in [-0.15, -0.1) is 0 Å². The first-order valence-corrected chi connectivity index (χ1v) is 9.93. The zero-order chi connectivity index (χ0) is 18.6. The van der Waals surface area contributed by atoms with Gasteiger partial charge in [0, 0.05) is 0 Å². The minimum atomic E-state index is -0.00301. The van der Waals surface area contributed by atoms with E-state index in [-0.39, 0.29) is 5.82 Å². The van der Waals surface area contributed by atoms with Gasteiger partial charge in [-0.25, -0.2) is 4.39 Å². The van der Waals surface area contributed by atoms with Crippen LogP contribution in [0.1, 0.15) is 82.9 Å². The van der Waals surface area contributed by atoms with Crippen molar-refractivity contribution in [1.29, 1.82) is 0 Å². The van der Waals surface area contributed by atoms with Gasteiger partial charge in [-0.3, -0.25) is 0 Å². The Morgan fingerprint density at radius 3 is 2.32 bits per heavy atom. The lowest BCUT2D eigenvalue weighted by Crippen LogP contribution is -2.16. The summed E-state index contributed by atoms with van der Waals surface area (Å²) in [6.07, 6.45) is 8.94. The van der Waals surface area contributed by atoms with Crippen LogP contribution in [-0.2, 0) is 12.8 Å². The molecule has 1 aliphatic carbocycles. The lowest BCUT2D eigenvalue weighted by Gasteiger charge is -2.29. The standard InChI is InChI=1S/C24H35F/c1-7-8-11-20-12-13-21(18(4)23(20)25)16-22(17(2)3)19(5)24(6)14-9-10-15-24/h12-13H,2,7-11,14-16H2,1,3-6H3/b22-19+. The minimum Gasteiger partial charge on any atom is -0.206 e. The van der Waals surface area contributed by atoms with Gasteiger partial charge >= 0.3 is 0 Å². The molecule has 1 heteroatoms. The Bertz CT molecular complexity index is 657. The second kappa shape index (κ2) is 8.34. The summed E-state index contributed by atoms with van der Waals surface area (Å²) in [6, 6.07) is 4.13. The molecule has 0 aromatic heterocycles. The zero-order valence-electron chi connectivity index (χ0n) is 16.9. The van der Waals surface area contributed by atoms with Crippen LogP contribution in [0.3, 0.4) is 0 Å². The van der Waals surface area contributed by atoms with E-state index in [9.17, 15) is 4.39 Å². The molecule has 1 fully saturated rings. The zero-order valence-corrected chi connectivity index (χ0v) is 16.9. The SMILES string of the molecule is C=C(C)/C(Cc1ccc(CCCC)c(F)c1C)=C(\C)C1(C)CCCC1. The summed E-state index contributed by atoms with van der Waals surface area (Å²) in [6.45, 7) is 15.1. The van der Waals surface area contributed by atoms with Crippen molar-refractivity contribution >= 4 is 0 Å². The fourth-order valence-corrected chi connectivity index (χ4v) is 4.22. The van der Waals surface area contributed by atoms with Crippen LogP contribution in [0, 0.1) is 18.2 Å². The molecule has 0 saturated heterocycles. The fourth-order valence-electron chi connectivity index (χ4n) is 4.22. The molecule has 25 heavy (non-hydrogen) atoms. The highest BCUT2D eigenvalue weighted by molar-refractivity contribution is 5.42. The minimum absolute atomic E-state index is 0.00301. The van der Waals surface area contributed by atoms with Crippen LogP contribution >= 0.6 is 0 Å². The van der Waals surface area contributed by atoms with E-state index in [0.29, 0.717) is 5.41 Å². The number of allylic oxidation sites excluding steroid dienone is 3. The topological polar surface area (TPSA) is 0 Å². The van der Waals surface area contributed by atoms with E-state index >= 15 is 0 Å². The van der Waals surface area contributed by atoms with Crippen LogP contribution in [0.5, 0.6) is 0 Å². The van der Waals surface area contributed by atoms with Gasteiger partial charge in [0.05, 0.1) is 0 Å².